The molecule has 1 N–H and O–H groups in total. The van der Waals surface area contributed by atoms with Gasteiger partial charge in [-0.3, -0.25) is 0 Å². The molecule has 0 radical (unpaired) electrons. The van der Waals surface area contributed by atoms with Crippen molar-refractivity contribution in [1.82, 2.24) is 5.32 Å². The third-order valence-corrected chi connectivity index (χ3v) is 3.97. The fourth-order valence-electron chi connectivity index (χ4n) is 2.58. The van der Waals surface area contributed by atoms with Crippen LogP contribution in [0.1, 0.15) is 23.1 Å². The Balaban J connectivity index is 1.95. The summed E-state index contributed by atoms with van der Waals surface area (Å²) in [5.74, 6) is 0.980. The molecule has 0 saturated heterocycles. The van der Waals surface area contributed by atoms with Gasteiger partial charge in [0.05, 0.1) is 7.11 Å². The summed E-state index contributed by atoms with van der Waals surface area (Å²) in [6, 6.07) is 17.6. The van der Waals surface area contributed by atoms with Gasteiger partial charge in [0, 0.05) is 6.04 Å². The van der Waals surface area contributed by atoms with E-state index in [-0.39, 0.29) is 0 Å². The number of hydrogen-bond acceptors (Lipinski definition) is 2. The molecule has 1 unspecified atom stereocenters. The van der Waals surface area contributed by atoms with Crippen LogP contribution in [0.2, 0.25) is 0 Å². The number of likely N-dealkylation sites (N-methyl/N-ethyl adjacent to an activating group) is 1. The molecule has 1 atom stereocenters. The Morgan fingerprint density at radius 2 is 1.76 bits per heavy atom. The second kappa shape index (κ2) is 7.84. The molecule has 2 nitrogen and oxygen atoms in total. The molecule has 0 aliphatic carbocycles. The van der Waals surface area contributed by atoms with E-state index in [0.717, 1.165) is 25.0 Å². The highest BCUT2D eigenvalue weighted by atomic mass is 16.5. The lowest BCUT2D eigenvalue weighted by molar-refractivity contribution is 0.404. The number of nitrogens with one attached hydrogen (secondary N) is 1. The predicted molar refractivity (Wildman–Crippen MR) is 89.0 cm³/mol. The van der Waals surface area contributed by atoms with E-state index in [4.69, 9.17) is 4.74 Å². The van der Waals surface area contributed by atoms with Crippen LogP contribution in [0.5, 0.6) is 5.75 Å². The lowest BCUT2D eigenvalue weighted by atomic mass is 9.98. The van der Waals surface area contributed by atoms with Crippen LogP contribution >= 0.6 is 0 Å². The molecule has 2 heteroatoms. The maximum atomic E-state index is 5.44. The van der Waals surface area contributed by atoms with Crippen molar-refractivity contribution >= 4 is 0 Å². The van der Waals surface area contributed by atoms with Crippen LogP contribution in [0.25, 0.3) is 0 Å². The first kappa shape index (κ1) is 15.6. The second-order valence-corrected chi connectivity index (χ2v) is 5.53. The maximum absolute atomic E-state index is 5.44. The highest BCUT2D eigenvalue weighted by Crippen LogP contribution is 2.20. The highest BCUT2D eigenvalue weighted by molar-refractivity contribution is 5.34. The molecule has 0 aliphatic heterocycles. The minimum absolute atomic E-state index is 0.461. The summed E-state index contributed by atoms with van der Waals surface area (Å²) in [6.07, 6.45) is 3.21. The Bertz CT molecular complexity index is 548. The number of para-hydroxylation sites is 1. The van der Waals surface area contributed by atoms with Crippen LogP contribution in [0.3, 0.4) is 0 Å². The Morgan fingerprint density at radius 1 is 1.05 bits per heavy atom. The second-order valence-electron chi connectivity index (χ2n) is 5.53. The van der Waals surface area contributed by atoms with Crippen LogP contribution in [0.15, 0.2) is 48.5 Å². The molecule has 0 aliphatic rings. The van der Waals surface area contributed by atoms with Gasteiger partial charge in [0.2, 0.25) is 0 Å². The summed E-state index contributed by atoms with van der Waals surface area (Å²) < 4.78 is 5.44. The zero-order chi connectivity index (χ0) is 15.1. The lowest BCUT2D eigenvalue weighted by Crippen LogP contribution is -2.28. The van der Waals surface area contributed by atoms with E-state index in [9.17, 15) is 0 Å². The maximum Gasteiger partial charge on any atom is 0.122 e. The first-order valence-corrected chi connectivity index (χ1v) is 7.57. The molecule has 0 saturated carbocycles. The standard InChI is InChI=1S/C19H25NO/c1-15-8-10-16(11-9-15)12-13-18(20-2)14-17-6-4-5-7-19(17)21-3/h4-11,18,20H,12-14H2,1-3H3. The third kappa shape index (κ3) is 4.61. The average Bonchev–Trinajstić information content (AvgIpc) is 2.53. The quantitative estimate of drug-likeness (QED) is 0.835. The zero-order valence-corrected chi connectivity index (χ0v) is 13.2. The smallest absolute Gasteiger partial charge is 0.122 e. The molecule has 2 aromatic rings. The Hall–Kier alpha value is -1.80. The van der Waals surface area contributed by atoms with Crippen LogP contribution in [-0.4, -0.2) is 20.2 Å². The number of methoxy groups -OCH3 is 1. The summed E-state index contributed by atoms with van der Waals surface area (Å²) in [5, 5.41) is 3.43. The van der Waals surface area contributed by atoms with Gasteiger partial charge in [-0.25, -0.2) is 0 Å². The number of hydrogen-bond donors (Lipinski definition) is 1. The normalized spacial score (nSPS) is 12.1. The summed E-state index contributed by atoms with van der Waals surface area (Å²) in [7, 11) is 3.77. The van der Waals surface area contributed by atoms with E-state index < -0.39 is 0 Å². The van der Waals surface area contributed by atoms with Gasteiger partial charge in [0.1, 0.15) is 5.75 Å². The minimum Gasteiger partial charge on any atom is -0.496 e. The molecule has 2 aromatic carbocycles. The Kier molecular flexibility index (Phi) is 5.82. The summed E-state index contributed by atoms with van der Waals surface area (Å²) in [6.45, 7) is 2.13. The van der Waals surface area contributed by atoms with Crippen molar-refractivity contribution in [2.45, 2.75) is 32.2 Å². The number of rotatable bonds is 7. The van der Waals surface area contributed by atoms with E-state index in [2.05, 4.69) is 48.6 Å². The fraction of sp³-hybridized carbons (Fsp3) is 0.368. The minimum atomic E-state index is 0.461. The molecular formula is C19H25NO. The van der Waals surface area contributed by atoms with Crippen molar-refractivity contribution in [1.29, 1.82) is 0 Å². The SMILES string of the molecule is CNC(CCc1ccc(C)cc1)Cc1ccccc1OC. The first-order valence-electron chi connectivity index (χ1n) is 7.57. The molecule has 0 fully saturated rings. The highest BCUT2D eigenvalue weighted by Gasteiger charge is 2.10. The fourth-order valence-corrected chi connectivity index (χ4v) is 2.58. The van der Waals surface area contributed by atoms with Crippen molar-refractivity contribution in [3.8, 4) is 5.75 Å². The van der Waals surface area contributed by atoms with Crippen LogP contribution in [-0.2, 0) is 12.8 Å². The first-order chi connectivity index (χ1) is 10.2. The average molecular weight is 283 g/mol. The van der Waals surface area contributed by atoms with Gasteiger partial charge < -0.3 is 10.1 Å². The van der Waals surface area contributed by atoms with Gasteiger partial charge in [-0.2, -0.15) is 0 Å². The van der Waals surface area contributed by atoms with E-state index in [1.807, 2.05) is 19.2 Å². The molecule has 2 rings (SSSR count). The molecular weight excluding hydrogens is 258 g/mol. The molecule has 0 amide bonds. The summed E-state index contributed by atoms with van der Waals surface area (Å²) in [5.41, 5.74) is 3.99. The zero-order valence-electron chi connectivity index (χ0n) is 13.2. The van der Waals surface area contributed by atoms with Crippen molar-refractivity contribution in [2.75, 3.05) is 14.2 Å². The van der Waals surface area contributed by atoms with Crippen molar-refractivity contribution in [3.63, 3.8) is 0 Å². The van der Waals surface area contributed by atoms with E-state index in [0.29, 0.717) is 6.04 Å². The van der Waals surface area contributed by atoms with Crippen molar-refractivity contribution in [2.24, 2.45) is 0 Å². The number of aryl methyl sites for hydroxylation is 2. The van der Waals surface area contributed by atoms with Gasteiger partial charge >= 0.3 is 0 Å². The van der Waals surface area contributed by atoms with Gasteiger partial charge in [-0.05, 0) is 50.4 Å². The molecule has 0 heterocycles. The van der Waals surface area contributed by atoms with E-state index in [1.54, 1.807) is 7.11 Å². The summed E-state index contributed by atoms with van der Waals surface area (Å²) >= 11 is 0. The number of ether oxygens (including phenoxy) is 1. The third-order valence-electron chi connectivity index (χ3n) is 3.97. The van der Waals surface area contributed by atoms with Gasteiger partial charge in [-0.1, -0.05) is 48.0 Å². The van der Waals surface area contributed by atoms with Crippen molar-refractivity contribution < 1.29 is 4.74 Å². The van der Waals surface area contributed by atoms with Gasteiger partial charge in [0.15, 0.2) is 0 Å². The molecule has 0 spiro atoms. The van der Waals surface area contributed by atoms with Crippen LogP contribution in [0.4, 0.5) is 0 Å². The lowest BCUT2D eigenvalue weighted by Gasteiger charge is -2.18. The van der Waals surface area contributed by atoms with Crippen LogP contribution in [0, 0.1) is 6.92 Å². The molecule has 0 aromatic heterocycles. The molecule has 0 bridgehead atoms. The topological polar surface area (TPSA) is 21.3 Å². The van der Waals surface area contributed by atoms with Gasteiger partial charge in [0.25, 0.3) is 0 Å². The molecule has 112 valence electrons. The van der Waals surface area contributed by atoms with Crippen molar-refractivity contribution in [3.05, 3.63) is 65.2 Å². The Morgan fingerprint density at radius 3 is 2.43 bits per heavy atom. The predicted octanol–water partition coefficient (Wildman–Crippen LogP) is 3.77. The van der Waals surface area contributed by atoms with E-state index in [1.165, 1.54) is 16.7 Å². The van der Waals surface area contributed by atoms with E-state index >= 15 is 0 Å². The Labute approximate surface area is 128 Å². The largest absolute Gasteiger partial charge is 0.496 e. The number of benzene rings is 2. The van der Waals surface area contributed by atoms with Crippen LogP contribution < -0.4 is 10.1 Å². The summed E-state index contributed by atoms with van der Waals surface area (Å²) in [4.78, 5) is 0. The van der Waals surface area contributed by atoms with Gasteiger partial charge in [-0.15, -0.1) is 0 Å². The molecule has 21 heavy (non-hydrogen) atoms. The monoisotopic (exact) mass is 283 g/mol.